The minimum absolute atomic E-state index is 0.0907. The fourth-order valence-electron chi connectivity index (χ4n) is 1.52. The fraction of sp³-hybridized carbons (Fsp3) is 0.778. The van der Waals surface area contributed by atoms with Crippen LogP contribution in [0.4, 0.5) is 8.78 Å². The van der Waals surface area contributed by atoms with E-state index in [-0.39, 0.29) is 12.4 Å². The second-order valence-electron chi connectivity index (χ2n) is 3.50. The van der Waals surface area contributed by atoms with Crippen LogP contribution in [-0.4, -0.2) is 19.0 Å². The number of hydrogen-bond acceptors (Lipinski definition) is 3. The summed E-state index contributed by atoms with van der Waals surface area (Å²) < 4.78 is 27.7. The van der Waals surface area contributed by atoms with Crippen molar-refractivity contribution in [1.29, 1.82) is 5.26 Å². The summed E-state index contributed by atoms with van der Waals surface area (Å²) in [4.78, 5) is 10.9. The van der Waals surface area contributed by atoms with Crippen molar-refractivity contribution in [2.45, 2.75) is 32.3 Å². The SMILES string of the molecule is N#CC1(COC(F)F)CCC(=O)CC1. The average molecular weight is 203 g/mol. The maximum Gasteiger partial charge on any atom is 0.345 e. The van der Waals surface area contributed by atoms with Crippen LogP contribution in [0.15, 0.2) is 0 Å². The molecule has 0 N–H and O–H groups in total. The van der Waals surface area contributed by atoms with E-state index in [0.717, 1.165) is 0 Å². The highest BCUT2D eigenvalue weighted by atomic mass is 19.3. The van der Waals surface area contributed by atoms with Gasteiger partial charge in [0.2, 0.25) is 0 Å². The predicted octanol–water partition coefficient (Wildman–Crippen LogP) is 1.88. The van der Waals surface area contributed by atoms with Gasteiger partial charge in [-0.05, 0) is 12.8 Å². The molecular weight excluding hydrogens is 192 g/mol. The van der Waals surface area contributed by atoms with Crippen molar-refractivity contribution in [2.75, 3.05) is 6.61 Å². The Hall–Kier alpha value is -1.02. The van der Waals surface area contributed by atoms with Gasteiger partial charge in [0.1, 0.15) is 5.78 Å². The number of ketones is 1. The Labute approximate surface area is 80.7 Å². The van der Waals surface area contributed by atoms with Crippen molar-refractivity contribution >= 4 is 5.78 Å². The summed E-state index contributed by atoms with van der Waals surface area (Å²) in [7, 11) is 0. The smallest absolute Gasteiger partial charge is 0.321 e. The van der Waals surface area contributed by atoms with Gasteiger partial charge in [-0.25, -0.2) is 0 Å². The van der Waals surface area contributed by atoms with Crippen LogP contribution in [0, 0.1) is 16.7 Å². The monoisotopic (exact) mass is 203 g/mol. The van der Waals surface area contributed by atoms with Gasteiger partial charge in [0, 0.05) is 12.8 Å². The highest BCUT2D eigenvalue weighted by molar-refractivity contribution is 5.79. The first kappa shape index (κ1) is 11.1. The molecule has 0 radical (unpaired) electrons. The molecule has 0 saturated heterocycles. The molecule has 0 aliphatic heterocycles. The summed E-state index contributed by atoms with van der Waals surface area (Å²) >= 11 is 0. The number of carbonyl (C=O) groups excluding carboxylic acids is 1. The molecule has 0 atom stereocenters. The van der Waals surface area contributed by atoms with E-state index >= 15 is 0 Å². The van der Waals surface area contributed by atoms with Crippen LogP contribution in [0.5, 0.6) is 0 Å². The standard InChI is InChI=1S/C9H11F2NO2/c10-8(11)14-6-9(5-12)3-1-7(13)2-4-9/h8H,1-4,6H2. The minimum atomic E-state index is -2.85. The zero-order valence-electron chi connectivity index (χ0n) is 7.63. The lowest BCUT2D eigenvalue weighted by Crippen LogP contribution is -2.31. The lowest BCUT2D eigenvalue weighted by atomic mass is 9.75. The van der Waals surface area contributed by atoms with Gasteiger partial charge in [-0.2, -0.15) is 14.0 Å². The molecule has 1 aliphatic carbocycles. The Kier molecular flexibility index (Phi) is 3.53. The highest BCUT2D eigenvalue weighted by Gasteiger charge is 2.35. The number of rotatable bonds is 3. The van der Waals surface area contributed by atoms with Gasteiger partial charge >= 0.3 is 6.61 Å². The van der Waals surface area contributed by atoms with E-state index in [1.807, 2.05) is 6.07 Å². The molecule has 0 spiro atoms. The molecule has 1 rings (SSSR count). The normalized spacial score (nSPS) is 20.9. The van der Waals surface area contributed by atoms with Crippen LogP contribution in [0.2, 0.25) is 0 Å². The number of nitrogens with zero attached hydrogens (tertiary/aromatic N) is 1. The molecule has 14 heavy (non-hydrogen) atoms. The van der Waals surface area contributed by atoms with Gasteiger partial charge in [-0.15, -0.1) is 0 Å². The molecule has 78 valence electrons. The van der Waals surface area contributed by atoms with E-state index in [9.17, 15) is 13.6 Å². The third-order valence-electron chi connectivity index (χ3n) is 2.49. The number of Topliss-reactive ketones (excluding diaryl/α,β-unsaturated/α-hetero) is 1. The van der Waals surface area contributed by atoms with Crippen LogP contribution >= 0.6 is 0 Å². The Morgan fingerprint density at radius 2 is 2.07 bits per heavy atom. The summed E-state index contributed by atoms with van der Waals surface area (Å²) in [5.41, 5.74) is -0.885. The lowest BCUT2D eigenvalue weighted by molar-refractivity contribution is -0.150. The molecule has 0 aromatic heterocycles. The summed E-state index contributed by atoms with van der Waals surface area (Å²) in [6.07, 6.45) is 1.24. The Morgan fingerprint density at radius 3 is 2.50 bits per heavy atom. The molecule has 0 aromatic carbocycles. The number of hydrogen-bond donors (Lipinski definition) is 0. The molecule has 1 aliphatic rings. The van der Waals surface area contributed by atoms with E-state index in [1.165, 1.54) is 0 Å². The fourth-order valence-corrected chi connectivity index (χ4v) is 1.52. The second-order valence-corrected chi connectivity index (χ2v) is 3.50. The van der Waals surface area contributed by atoms with E-state index in [1.54, 1.807) is 0 Å². The zero-order chi connectivity index (χ0) is 10.6. The molecular formula is C9H11F2NO2. The Balaban J connectivity index is 2.51. The molecule has 0 amide bonds. The molecule has 5 heteroatoms. The van der Waals surface area contributed by atoms with Gasteiger partial charge in [0.25, 0.3) is 0 Å². The van der Waals surface area contributed by atoms with Gasteiger partial charge in [0.05, 0.1) is 18.1 Å². The summed E-state index contributed by atoms with van der Waals surface area (Å²) in [5, 5.41) is 8.85. The summed E-state index contributed by atoms with van der Waals surface area (Å²) in [6.45, 7) is -3.13. The van der Waals surface area contributed by atoms with Crippen LogP contribution in [0.3, 0.4) is 0 Å². The zero-order valence-corrected chi connectivity index (χ0v) is 7.63. The average Bonchev–Trinajstić information content (AvgIpc) is 2.18. The quantitative estimate of drug-likeness (QED) is 0.703. The predicted molar refractivity (Wildman–Crippen MR) is 43.5 cm³/mol. The first-order chi connectivity index (χ1) is 6.58. The van der Waals surface area contributed by atoms with Gasteiger partial charge in [-0.1, -0.05) is 0 Å². The van der Waals surface area contributed by atoms with Crippen molar-refractivity contribution in [3.63, 3.8) is 0 Å². The Bertz CT molecular complexity index is 250. The van der Waals surface area contributed by atoms with Crippen LogP contribution in [0.1, 0.15) is 25.7 Å². The first-order valence-electron chi connectivity index (χ1n) is 4.41. The molecule has 0 unspecified atom stereocenters. The van der Waals surface area contributed by atoms with E-state index in [0.29, 0.717) is 25.7 Å². The van der Waals surface area contributed by atoms with Gasteiger partial charge < -0.3 is 4.74 Å². The van der Waals surface area contributed by atoms with Crippen molar-refractivity contribution in [1.82, 2.24) is 0 Å². The number of nitriles is 1. The first-order valence-corrected chi connectivity index (χ1v) is 4.41. The topological polar surface area (TPSA) is 50.1 Å². The Morgan fingerprint density at radius 1 is 1.50 bits per heavy atom. The van der Waals surface area contributed by atoms with Crippen molar-refractivity contribution < 1.29 is 18.3 Å². The number of halogens is 2. The van der Waals surface area contributed by atoms with Crippen LogP contribution in [-0.2, 0) is 9.53 Å². The van der Waals surface area contributed by atoms with Crippen molar-refractivity contribution in [3.05, 3.63) is 0 Å². The number of carbonyl (C=O) groups is 1. The largest absolute Gasteiger partial charge is 0.345 e. The van der Waals surface area contributed by atoms with E-state index in [2.05, 4.69) is 4.74 Å². The van der Waals surface area contributed by atoms with Crippen molar-refractivity contribution in [3.8, 4) is 6.07 Å². The lowest BCUT2D eigenvalue weighted by Gasteiger charge is -2.29. The molecule has 1 fully saturated rings. The molecule has 1 saturated carbocycles. The third-order valence-corrected chi connectivity index (χ3v) is 2.49. The number of ether oxygens (including phenoxy) is 1. The maximum absolute atomic E-state index is 11.8. The van der Waals surface area contributed by atoms with Crippen LogP contribution < -0.4 is 0 Å². The third kappa shape index (κ3) is 2.74. The second kappa shape index (κ2) is 4.47. The van der Waals surface area contributed by atoms with E-state index < -0.39 is 12.0 Å². The minimum Gasteiger partial charge on any atom is -0.321 e. The molecule has 3 nitrogen and oxygen atoms in total. The highest BCUT2D eigenvalue weighted by Crippen LogP contribution is 2.34. The van der Waals surface area contributed by atoms with E-state index in [4.69, 9.17) is 5.26 Å². The van der Waals surface area contributed by atoms with Crippen molar-refractivity contribution in [2.24, 2.45) is 5.41 Å². The molecule has 0 aromatic rings. The van der Waals surface area contributed by atoms with Gasteiger partial charge in [-0.3, -0.25) is 4.79 Å². The molecule has 0 heterocycles. The van der Waals surface area contributed by atoms with Gasteiger partial charge in [0.15, 0.2) is 0 Å². The number of alkyl halides is 2. The van der Waals surface area contributed by atoms with Crippen LogP contribution in [0.25, 0.3) is 0 Å². The maximum atomic E-state index is 11.8. The summed E-state index contributed by atoms with van der Waals surface area (Å²) in [5.74, 6) is 0.0907. The summed E-state index contributed by atoms with van der Waals surface area (Å²) in [6, 6.07) is 1.98. The molecule has 0 bridgehead atoms.